The molecule has 1 amide bonds. The number of carbonyl (C=O) groups excluding carboxylic acids is 1. The fraction of sp³-hybridized carbons (Fsp3) is 0.857. The summed E-state index contributed by atoms with van der Waals surface area (Å²) in [5.74, 6) is -4.37. The molecule has 2 saturated heterocycles. The third-order valence-corrected chi connectivity index (χ3v) is 4.53. The number of halogens is 3. The smallest absolute Gasteiger partial charge is 0.471 e. The Kier molecular flexibility index (Phi) is 7.59. The zero-order valence-corrected chi connectivity index (χ0v) is 14.8. The summed E-state index contributed by atoms with van der Waals surface area (Å²) in [6, 6.07) is -2.15. The number of carboxylic acids is 1. The Morgan fingerprint density at radius 3 is 2.07 bits per heavy atom. The first-order chi connectivity index (χ1) is 13.8. The molecule has 0 aromatic rings. The lowest BCUT2D eigenvalue weighted by atomic mass is 9.95. The van der Waals surface area contributed by atoms with Gasteiger partial charge in [-0.05, 0) is 0 Å². The van der Waals surface area contributed by atoms with Crippen LogP contribution in [0.2, 0.25) is 0 Å². The Balaban J connectivity index is 2.32. The van der Waals surface area contributed by atoms with E-state index in [0.717, 1.165) is 0 Å². The number of aliphatic hydroxyl groups excluding tert-OH is 6. The highest BCUT2D eigenvalue weighted by Gasteiger charge is 2.54. The summed E-state index contributed by atoms with van der Waals surface area (Å²) >= 11 is 0. The maximum Gasteiger partial charge on any atom is 0.471 e. The van der Waals surface area contributed by atoms with Gasteiger partial charge in [0.05, 0.1) is 6.61 Å². The number of carbonyl (C=O) groups is 2. The monoisotopic (exact) mass is 451 g/mol. The standard InChI is InChI=1S/C14H20F3NO12/c15-14(16,17)13(27)18-3-5(21)4(20)2(1-19)28-12(3)30-8-6(22)7(23)11(26)29-9(8)10(24)25/h2-9,11-12,19-23,26H,1H2,(H,18,27)(H,24,25)/t2-,3-,4+,5-,6-,7-,8+,9+,11-,12+/m1/s1. The molecule has 0 radical (unpaired) electrons. The van der Waals surface area contributed by atoms with Crippen molar-refractivity contribution >= 4 is 11.9 Å². The first-order valence-electron chi connectivity index (χ1n) is 8.37. The Bertz CT molecular complexity index is 636. The van der Waals surface area contributed by atoms with E-state index in [1.807, 2.05) is 0 Å². The van der Waals surface area contributed by atoms with Crippen LogP contribution in [0.25, 0.3) is 0 Å². The second-order valence-corrected chi connectivity index (χ2v) is 6.57. The van der Waals surface area contributed by atoms with Crippen LogP contribution in [0, 0.1) is 0 Å². The Hall–Kier alpha value is -1.63. The van der Waals surface area contributed by atoms with Crippen molar-refractivity contribution in [3.8, 4) is 0 Å². The lowest BCUT2D eigenvalue weighted by Gasteiger charge is -2.46. The molecule has 0 spiro atoms. The van der Waals surface area contributed by atoms with Gasteiger partial charge in [0.15, 0.2) is 18.7 Å². The van der Waals surface area contributed by atoms with Crippen molar-refractivity contribution < 1.29 is 72.7 Å². The van der Waals surface area contributed by atoms with Crippen LogP contribution in [0.3, 0.4) is 0 Å². The van der Waals surface area contributed by atoms with Crippen LogP contribution in [-0.2, 0) is 23.8 Å². The maximum atomic E-state index is 12.6. The van der Waals surface area contributed by atoms with Crippen LogP contribution in [0.5, 0.6) is 0 Å². The molecule has 2 heterocycles. The largest absolute Gasteiger partial charge is 0.479 e. The highest BCUT2D eigenvalue weighted by Crippen LogP contribution is 2.29. The molecule has 174 valence electrons. The molecule has 0 saturated carbocycles. The van der Waals surface area contributed by atoms with Gasteiger partial charge in [0.1, 0.15) is 42.7 Å². The van der Waals surface area contributed by atoms with Gasteiger partial charge >= 0.3 is 18.1 Å². The molecular weight excluding hydrogens is 431 g/mol. The second-order valence-electron chi connectivity index (χ2n) is 6.57. The Morgan fingerprint density at radius 2 is 1.57 bits per heavy atom. The zero-order valence-electron chi connectivity index (χ0n) is 14.8. The van der Waals surface area contributed by atoms with Crippen molar-refractivity contribution in [3.05, 3.63) is 0 Å². The molecule has 0 unspecified atom stereocenters. The Labute approximate surface area is 165 Å². The average Bonchev–Trinajstić information content (AvgIpc) is 2.66. The van der Waals surface area contributed by atoms with Gasteiger partial charge in [0.2, 0.25) is 0 Å². The van der Waals surface area contributed by atoms with Crippen molar-refractivity contribution in [3.63, 3.8) is 0 Å². The normalized spacial score (nSPS) is 42.6. The van der Waals surface area contributed by atoms with Crippen molar-refractivity contribution in [1.82, 2.24) is 5.32 Å². The summed E-state index contributed by atoms with van der Waals surface area (Å²) in [6.45, 7) is -0.967. The topological polar surface area (TPSA) is 215 Å². The van der Waals surface area contributed by atoms with Crippen LogP contribution >= 0.6 is 0 Å². The molecule has 2 aliphatic rings. The molecule has 30 heavy (non-hydrogen) atoms. The van der Waals surface area contributed by atoms with E-state index >= 15 is 0 Å². The summed E-state index contributed by atoms with van der Waals surface area (Å²) in [6.07, 6.45) is -24.0. The summed E-state index contributed by atoms with van der Waals surface area (Å²) in [7, 11) is 0. The minimum Gasteiger partial charge on any atom is -0.479 e. The van der Waals surface area contributed by atoms with E-state index < -0.39 is 86.0 Å². The lowest BCUT2D eigenvalue weighted by molar-refractivity contribution is -0.335. The van der Waals surface area contributed by atoms with Gasteiger partial charge in [0.25, 0.3) is 0 Å². The molecule has 13 nitrogen and oxygen atoms in total. The molecule has 10 atom stereocenters. The molecule has 0 aromatic carbocycles. The molecule has 2 aliphatic heterocycles. The molecular formula is C14H20F3NO12. The predicted molar refractivity (Wildman–Crippen MR) is 81.1 cm³/mol. The van der Waals surface area contributed by atoms with Crippen LogP contribution in [0.4, 0.5) is 13.2 Å². The number of nitrogens with one attached hydrogen (secondary N) is 1. The van der Waals surface area contributed by atoms with E-state index in [-0.39, 0.29) is 0 Å². The van der Waals surface area contributed by atoms with E-state index in [1.54, 1.807) is 0 Å². The minimum atomic E-state index is -5.42. The van der Waals surface area contributed by atoms with Gasteiger partial charge in [-0.15, -0.1) is 0 Å². The summed E-state index contributed by atoms with van der Waals surface area (Å²) in [5, 5.41) is 68.8. The van der Waals surface area contributed by atoms with Crippen LogP contribution < -0.4 is 5.32 Å². The molecule has 0 bridgehead atoms. The van der Waals surface area contributed by atoms with E-state index in [1.165, 1.54) is 5.32 Å². The van der Waals surface area contributed by atoms with Crippen LogP contribution in [0.15, 0.2) is 0 Å². The lowest BCUT2D eigenvalue weighted by Crippen LogP contribution is -2.68. The van der Waals surface area contributed by atoms with E-state index in [4.69, 9.17) is 9.47 Å². The summed E-state index contributed by atoms with van der Waals surface area (Å²) in [4.78, 5) is 22.6. The average molecular weight is 451 g/mol. The highest BCUT2D eigenvalue weighted by molar-refractivity contribution is 5.82. The van der Waals surface area contributed by atoms with Crippen LogP contribution in [0.1, 0.15) is 0 Å². The number of amides is 1. The number of aliphatic carboxylic acids is 1. The molecule has 0 aliphatic carbocycles. The number of ether oxygens (including phenoxy) is 3. The van der Waals surface area contributed by atoms with Crippen LogP contribution in [-0.4, -0.2) is 122 Å². The third-order valence-electron chi connectivity index (χ3n) is 4.53. The van der Waals surface area contributed by atoms with Gasteiger partial charge in [-0.3, -0.25) is 4.79 Å². The van der Waals surface area contributed by atoms with E-state index in [0.29, 0.717) is 0 Å². The summed E-state index contributed by atoms with van der Waals surface area (Å²) in [5.41, 5.74) is 0. The molecule has 16 heteroatoms. The zero-order chi connectivity index (χ0) is 23.0. The molecule has 2 fully saturated rings. The minimum absolute atomic E-state index is 0.967. The van der Waals surface area contributed by atoms with Crippen molar-refractivity contribution in [2.75, 3.05) is 6.61 Å². The Morgan fingerprint density at radius 1 is 0.967 bits per heavy atom. The quantitative estimate of drug-likeness (QED) is 0.198. The maximum absolute atomic E-state index is 12.6. The van der Waals surface area contributed by atoms with Crippen molar-refractivity contribution in [2.24, 2.45) is 0 Å². The predicted octanol–water partition coefficient (Wildman–Crippen LogP) is -4.62. The number of aliphatic hydroxyl groups is 6. The molecule has 2 rings (SSSR count). The number of rotatable bonds is 5. The summed E-state index contributed by atoms with van der Waals surface area (Å²) < 4.78 is 52.5. The third kappa shape index (κ3) is 4.98. The first-order valence-corrected chi connectivity index (χ1v) is 8.37. The SMILES string of the molecule is O=C(O)[C@H]1O[C@@H](O)[C@H](O)[C@@H](O)[C@@H]1O[C@@H]1O[C@H](CO)[C@H](O)[C@H](O)[C@H]1NC(=O)C(F)(F)F. The van der Waals surface area contributed by atoms with Gasteiger partial charge in [-0.1, -0.05) is 0 Å². The fourth-order valence-electron chi connectivity index (χ4n) is 2.94. The van der Waals surface area contributed by atoms with Gasteiger partial charge in [0, 0.05) is 0 Å². The number of hydrogen-bond donors (Lipinski definition) is 8. The van der Waals surface area contributed by atoms with Crippen molar-refractivity contribution in [2.45, 2.75) is 67.5 Å². The van der Waals surface area contributed by atoms with E-state index in [2.05, 4.69) is 4.74 Å². The second kappa shape index (κ2) is 9.25. The molecule has 0 aromatic heterocycles. The highest BCUT2D eigenvalue weighted by atomic mass is 19.4. The number of alkyl halides is 3. The van der Waals surface area contributed by atoms with Gasteiger partial charge in [-0.2, -0.15) is 13.2 Å². The first kappa shape index (κ1) is 24.6. The fourth-order valence-corrected chi connectivity index (χ4v) is 2.94. The number of carboxylic acid groups (broad SMARTS) is 1. The van der Waals surface area contributed by atoms with Gasteiger partial charge < -0.3 is 55.3 Å². The van der Waals surface area contributed by atoms with Gasteiger partial charge in [-0.25, -0.2) is 4.79 Å². The van der Waals surface area contributed by atoms with Crippen molar-refractivity contribution in [1.29, 1.82) is 0 Å². The molecule has 8 N–H and O–H groups in total. The number of hydrogen-bond acceptors (Lipinski definition) is 11. The van der Waals surface area contributed by atoms with E-state index in [9.17, 15) is 58.5 Å².